The molecule has 0 saturated carbocycles. The van der Waals surface area contributed by atoms with Crippen LogP contribution in [0, 0.1) is 13.8 Å². The van der Waals surface area contributed by atoms with Gasteiger partial charge in [-0.3, -0.25) is 4.79 Å². The molecule has 34 heavy (non-hydrogen) atoms. The first-order valence-electron chi connectivity index (χ1n) is 11.6. The van der Waals surface area contributed by atoms with Gasteiger partial charge in [0, 0.05) is 24.6 Å². The standard InChI is InChI=1S/C28H29N3O3/c1-19-9-8-12-23(20(19)2)31-18-21(17-27(31)32)28-29-22-10-4-5-11-24(22)30(28)15-16-34-26-14-7-6-13-25(26)33-3/h4-14,21H,15-18H2,1-3H3/t21-/m1/s1. The summed E-state index contributed by atoms with van der Waals surface area (Å²) in [6.45, 7) is 5.88. The molecule has 1 saturated heterocycles. The topological polar surface area (TPSA) is 56.6 Å². The normalized spacial score (nSPS) is 15.8. The average Bonchev–Trinajstić information content (AvgIpc) is 3.41. The van der Waals surface area contributed by atoms with E-state index in [1.165, 1.54) is 5.56 Å². The molecule has 2 heterocycles. The minimum absolute atomic E-state index is 0.0195. The van der Waals surface area contributed by atoms with Crippen molar-refractivity contribution in [3.63, 3.8) is 0 Å². The predicted octanol–water partition coefficient (Wildman–Crippen LogP) is 5.26. The summed E-state index contributed by atoms with van der Waals surface area (Å²) in [7, 11) is 1.64. The number of methoxy groups -OCH3 is 1. The Balaban J connectivity index is 1.42. The van der Waals surface area contributed by atoms with Gasteiger partial charge >= 0.3 is 0 Å². The van der Waals surface area contributed by atoms with Crippen LogP contribution in [0.5, 0.6) is 11.5 Å². The summed E-state index contributed by atoms with van der Waals surface area (Å²) in [5.41, 5.74) is 5.32. The van der Waals surface area contributed by atoms with Gasteiger partial charge in [-0.15, -0.1) is 0 Å². The highest BCUT2D eigenvalue weighted by atomic mass is 16.5. The van der Waals surface area contributed by atoms with Crippen molar-refractivity contribution >= 4 is 22.6 Å². The van der Waals surface area contributed by atoms with Crippen LogP contribution in [0.2, 0.25) is 0 Å². The number of rotatable bonds is 7. The third-order valence-electron chi connectivity index (χ3n) is 6.68. The molecular formula is C28H29N3O3. The molecule has 0 N–H and O–H groups in total. The smallest absolute Gasteiger partial charge is 0.227 e. The number of carbonyl (C=O) groups is 1. The fourth-order valence-electron chi connectivity index (χ4n) is 4.77. The maximum atomic E-state index is 13.1. The average molecular weight is 456 g/mol. The van der Waals surface area contributed by atoms with Crippen LogP contribution in [0.3, 0.4) is 0 Å². The minimum atomic E-state index is 0.0195. The number of hydrogen-bond acceptors (Lipinski definition) is 4. The molecule has 0 bridgehead atoms. The van der Waals surface area contributed by atoms with E-state index in [1.54, 1.807) is 7.11 Å². The second-order valence-electron chi connectivity index (χ2n) is 8.73. The summed E-state index contributed by atoms with van der Waals surface area (Å²) in [4.78, 5) is 19.9. The molecule has 0 aliphatic carbocycles. The van der Waals surface area contributed by atoms with Crippen molar-refractivity contribution in [3.05, 3.63) is 83.7 Å². The van der Waals surface area contributed by atoms with Crippen molar-refractivity contribution in [2.75, 3.05) is 25.2 Å². The lowest BCUT2D eigenvalue weighted by atomic mass is 10.1. The Morgan fingerprint density at radius 2 is 1.74 bits per heavy atom. The second-order valence-corrected chi connectivity index (χ2v) is 8.73. The summed E-state index contributed by atoms with van der Waals surface area (Å²) >= 11 is 0. The number of amides is 1. The van der Waals surface area contributed by atoms with Crippen molar-refractivity contribution < 1.29 is 14.3 Å². The van der Waals surface area contributed by atoms with Crippen molar-refractivity contribution in [2.45, 2.75) is 32.7 Å². The Morgan fingerprint density at radius 3 is 2.56 bits per heavy atom. The Labute approximate surface area is 199 Å². The van der Waals surface area contributed by atoms with Gasteiger partial charge in [0.15, 0.2) is 11.5 Å². The largest absolute Gasteiger partial charge is 0.493 e. The number of benzene rings is 3. The number of imidazole rings is 1. The lowest BCUT2D eigenvalue weighted by Crippen LogP contribution is -2.25. The van der Waals surface area contributed by atoms with E-state index in [0.29, 0.717) is 37.6 Å². The first kappa shape index (κ1) is 22.0. The van der Waals surface area contributed by atoms with E-state index in [4.69, 9.17) is 14.5 Å². The zero-order valence-corrected chi connectivity index (χ0v) is 19.8. The Bertz CT molecular complexity index is 1340. The number of carbonyl (C=O) groups excluding carboxylic acids is 1. The van der Waals surface area contributed by atoms with E-state index in [-0.39, 0.29) is 11.8 Å². The van der Waals surface area contributed by atoms with Gasteiger partial charge < -0.3 is 18.9 Å². The van der Waals surface area contributed by atoms with Crippen LogP contribution in [0.15, 0.2) is 66.7 Å². The molecule has 3 aromatic carbocycles. The highest BCUT2D eigenvalue weighted by Crippen LogP contribution is 2.35. The molecule has 0 spiro atoms. The van der Waals surface area contributed by atoms with Gasteiger partial charge in [-0.2, -0.15) is 0 Å². The summed E-state index contributed by atoms with van der Waals surface area (Å²) in [6, 6.07) is 21.9. The van der Waals surface area contributed by atoms with E-state index in [0.717, 1.165) is 28.1 Å². The van der Waals surface area contributed by atoms with Crippen LogP contribution in [-0.2, 0) is 11.3 Å². The Morgan fingerprint density at radius 1 is 0.971 bits per heavy atom. The van der Waals surface area contributed by atoms with Crippen molar-refractivity contribution in [3.8, 4) is 11.5 Å². The molecule has 0 unspecified atom stereocenters. The number of aryl methyl sites for hydroxylation is 1. The van der Waals surface area contributed by atoms with E-state index in [1.807, 2.05) is 59.5 Å². The van der Waals surface area contributed by atoms with Crippen LogP contribution in [-0.4, -0.2) is 35.7 Å². The first-order valence-corrected chi connectivity index (χ1v) is 11.6. The predicted molar refractivity (Wildman–Crippen MR) is 134 cm³/mol. The van der Waals surface area contributed by atoms with Crippen molar-refractivity contribution in [1.29, 1.82) is 0 Å². The summed E-state index contributed by atoms with van der Waals surface area (Å²) < 4.78 is 13.7. The third-order valence-corrected chi connectivity index (χ3v) is 6.68. The van der Waals surface area contributed by atoms with Gasteiger partial charge in [0.2, 0.25) is 5.91 Å². The summed E-state index contributed by atoms with van der Waals surface area (Å²) in [6.07, 6.45) is 0.448. The highest BCUT2D eigenvalue weighted by Gasteiger charge is 2.35. The van der Waals surface area contributed by atoms with E-state index < -0.39 is 0 Å². The molecule has 5 rings (SSSR count). The molecule has 1 aliphatic heterocycles. The number of ether oxygens (including phenoxy) is 2. The quantitative estimate of drug-likeness (QED) is 0.381. The van der Waals surface area contributed by atoms with Crippen LogP contribution in [0.1, 0.15) is 29.3 Å². The fraction of sp³-hybridized carbons (Fsp3) is 0.286. The van der Waals surface area contributed by atoms with E-state index in [2.05, 4.69) is 30.5 Å². The molecule has 174 valence electrons. The lowest BCUT2D eigenvalue weighted by molar-refractivity contribution is -0.117. The molecule has 1 aliphatic rings. The van der Waals surface area contributed by atoms with Gasteiger partial charge in [-0.05, 0) is 55.3 Å². The molecular weight excluding hydrogens is 426 g/mol. The molecule has 6 heteroatoms. The van der Waals surface area contributed by atoms with Crippen LogP contribution in [0.25, 0.3) is 11.0 Å². The number of fused-ring (bicyclic) bond motifs is 1. The molecule has 1 aromatic heterocycles. The Hall–Kier alpha value is -3.80. The fourth-order valence-corrected chi connectivity index (χ4v) is 4.77. The minimum Gasteiger partial charge on any atom is -0.493 e. The monoisotopic (exact) mass is 455 g/mol. The molecule has 1 fully saturated rings. The van der Waals surface area contributed by atoms with Crippen molar-refractivity contribution in [2.24, 2.45) is 0 Å². The molecule has 0 radical (unpaired) electrons. The summed E-state index contributed by atoms with van der Waals surface area (Å²) in [5, 5.41) is 0. The van der Waals surface area contributed by atoms with E-state index >= 15 is 0 Å². The highest BCUT2D eigenvalue weighted by molar-refractivity contribution is 5.97. The van der Waals surface area contributed by atoms with Crippen LogP contribution < -0.4 is 14.4 Å². The van der Waals surface area contributed by atoms with Gasteiger partial charge in [-0.25, -0.2) is 4.98 Å². The maximum absolute atomic E-state index is 13.1. The third kappa shape index (κ3) is 4.00. The molecule has 6 nitrogen and oxygen atoms in total. The van der Waals surface area contributed by atoms with Crippen LogP contribution >= 0.6 is 0 Å². The van der Waals surface area contributed by atoms with E-state index in [9.17, 15) is 4.79 Å². The number of para-hydroxylation sites is 4. The number of hydrogen-bond donors (Lipinski definition) is 0. The number of anilines is 1. The van der Waals surface area contributed by atoms with Gasteiger partial charge in [0.1, 0.15) is 12.4 Å². The molecule has 1 atom stereocenters. The van der Waals surface area contributed by atoms with Gasteiger partial charge in [0.05, 0.1) is 24.7 Å². The van der Waals surface area contributed by atoms with Crippen LogP contribution in [0.4, 0.5) is 5.69 Å². The maximum Gasteiger partial charge on any atom is 0.227 e. The van der Waals surface area contributed by atoms with Gasteiger partial charge in [-0.1, -0.05) is 36.4 Å². The van der Waals surface area contributed by atoms with Gasteiger partial charge in [0.25, 0.3) is 0 Å². The zero-order chi connectivity index (χ0) is 23.7. The molecule has 4 aromatic rings. The Kier molecular flexibility index (Phi) is 5.97. The SMILES string of the molecule is COc1ccccc1OCCn1c([C@@H]2CC(=O)N(c3cccc(C)c3C)C2)nc2ccccc21. The molecule has 1 amide bonds. The van der Waals surface area contributed by atoms with Crippen molar-refractivity contribution in [1.82, 2.24) is 9.55 Å². The second kappa shape index (κ2) is 9.21. The summed E-state index contributed by atoms with van der Waals surface area (Å²) in [5.74, 6) is 2.52. The number of nitrogens with zero attached hydrogens (tertiary/aromatic N) is 3. The first-order chi connectivity index (χ1) is 16.6. The zero-order valence-electron chi connectivity index (χ0n) is 19.8. The lowest BCUT2D eigenvalue weighted by Gasteiger charge is -2.20. The number of aromatic nitrogens is 2.